The molecule has 98 valence electrons. The smallest absolute Gasteiger partial charge is 0.196 e. The lowest BCUT2D eigenvalue weighted by Gasteiger charge is -2.10. The van der Waals surface area contributed by atoms with Crippen molar-refractivity contribution in [3.8, 4) is 5.75 Å². The van der Waals surface area contributed by atoms with Crippen LogP contribution in [0.5, 0.6) is 5.75 Å². The largest absolute Gasteiger partial charge is 0.490 e. The first-order valence-electron chi connectivity index (χ1n) is 5.85. The van der Waals surface area contributed by atoms with E-state index in [2.05, 4.69) is 0 Å². The average molecular weight is 277 g/mol. The number of hydrogen-bond acceptors (Lipinski definition) is 3. The molecule has 0 aliphatic heterocycles. The number of benzene rings is 2. The fourth-order valence-electron chi connectivity index (χ4n) is 1.71. The number of ether oxygens (including phenoxy) is 1. The average Bonchev–Trinajstić information content (AvgIpc) is 2.46. The quantitative estimate of drug-likeness (QED) is 0.854. The lowest BCUT2D eigenvalue weighted by atomic mass is 10.0. The zero-order valence-electron chi connectivity index (χ0n) is 10.2. The van der Waals surface area contributed by atoms with Gasteiger partial charge in [0.25, 0.3) is 0 Å². The first-order chi connectivity index (χ1) is 9.22. The summed E-state index contributed by atoms with van der Waals surface area (Å²) in [6.07, 6.45) is 0. The van der Waals surface area contributed by atoms with Crippen LogP contribution in [0.1, 0.15) is 15.9 Å². The summed E-state index contributed by atoms with van der Waals surface area (Å²) in [4.78, 5) is 12.4. The Labute approximate surface area is 116 Å². The summed E-state index contributed by atoms with van der Waals surface area (Å²) < 4.78 is 5.35. The summed E-state index contributed by atoms with van der Waals surface area (Å²) in [5.41, 5.74) is 0.964. The fourth-order valence-corrected chi connectivity index (χ4v) is 1.88. The van der Waals surface area contributed by atoms with E-state index in [4.69, 9.17) is 21.4 Å². The SMILES string of the molecule is O=C(c1ccccc1)c1cc(Cl)ccc1OCCO. The number of carbonyl (C=O) groups excluding carboxylic acids is 1. The van der Waals surface area contributed by atoms with Gasteiger partial charge in [0.05, 0.1) is 12.2 Å². The second-order valence-corrected chi connectivity index (χ2v) is 4.34. The molecule has 2 rings (SSSR count). The molecule has 1 N–H and O–H groups in total. The number of hydrogen-bond donors (Lipinski definition) is 1. The van der Waals surface area contributed by atoms with E-state index in [1.807, 2.05) is 6.07 Å². The summed E-state index contributed by atoms with van der Waals surface area (Å²) in [7, 11) is 0. The molecule has 2 aromatic carbocycles. The third kappa shape index (κ3) is 3.34. The van der Waals surface area contributed by atoms with Crippen molar-refractivity contribution in [2.24, 2.45) is 0 Å². The third-order valence-corrected chi connectivity index (χ3v) is 2.81. The van der Waals surface area contributed by atoms with Gasteiger partial charge in [-0.25, -0.2) is 0 Å². The molecule has 2 aromatic rings. The van der Waals surface area contributed by atoms with Gasteiger partial charge >= 0.3 is 0 Å². The van der Waals surface area contributed by atoms with Gasteiger partial charge in [0.15, 0.2) is 5.78 Å². The number of aliphatic hydroxyl groups is 1. The van der Waals surface area contributed by atoms with E-state index >= 15 is 0 Å². The molecule has 0 aromatic heterocycles. The van der Waals surface area contributed by atoms with Crippen molar-refractivity contribution in [1.82, 2.24) is 0 Å². The van der Waals surface area contributed by atoms with Crippen LogP contribution >= 0.6 is 11.6 Å². The van der Waals surface area contributed by atoms with Crippen LogP contribution in [0.15, 0.2) is 48.5 Å². The van der Waals surface area contributed by atoms with Crippen molar-refractivity contribution in [2.75, 3.05) is 13.2 Å². The molecule has 0 saturated heterocycles. The summed E-state index contributed by atoms with van der Waals surface area (Å²) in [5, 5.41) is 9.26. The molecule has 4 heteroatoms. The van der Waals surface area contributed by atoms with Crippen LogP contribution in [-0.4, -0.2) is 24.1 Å². The minimum absolute atomic E-state index is 0.110. The maximum atomic E-state index is 12.4. The van der Waals surface area contributed by atoms with Gasteiger partial charge in [0.1, 0.15) is 12.4 Å². The molecule has 0 aliphatic rings. The highest BCUT2D eigenvalue weighted by Crippen LogP contribution is 2.25. The van der Waals surface area contributed by atoms with E-state index in [-0.39, 0.29) is 19.0 Å². The predicted octanol–water partition coefficient (Wildman–Crippen LogP) is 2.94. The number of aliphatic hydroxyl groups excluding tert-OH is 1. The minimum atomic E-state index is -0.156. The van der Waals surface area contributed by atoms with Crippen molar-refractivity contribution in [3.05, 3.63) is 64.7 Å². The molecule has 19 heavy (non-hydrogen) atoms. The van der Waals surface area contributed by atoms with E-state index in [1.54, 1.807) is 42.5 Å². The van der Waals surface area contributed by atoms with Crippen LogP contribution in [0.3, 0.4) is 0 Å². The van der Waals surface area contributed by atoms with E-state index in [9.17, 15) is 4.79 Å². The van der Waals surface area contributed by atoms with Gasteiger partial charge < -0.3 is 9.84 Å². The molecule has 0 radical (unpaired) electrons. The van der Waals surface area contributed by atoms with Crippen LogP contribution in [0.25, 0.3) is 0 Å². The Morgan fingerprint density at radius 3 is 2.58 bits per heavy atom. The Hall–Kier alpha value is -1.84. The van der Waals surface area contributed by atoms with Gasteiger partial charge in [0, 0.05) is 10.6 Å². The number of rotatable bonds is 5. The number of halogens is 1. The lowest BCUT2D eigenvalue weighted by molar-refractivity contribution is 0.103. The van der Waals surface area contributed by atoms with Gasteiger partial charge in [-0.05, 0) is 18.2 Å². The van der Waals surface area contributed by atoms with E-state index < -0.39 is 0 Å². The van der Waals surface area contributed by atoms with Crippen molar-refractivity contribution in [3.63, 3.8) is 0 Å². The Kier molecular flexibility index (Phi) is 4.55. The van der Waals surface area contributed by atoms with Crippen molar-refractivity contribution in [1.29, 1.82) is 0 Å². The minimum Gasteiger partial charge on any atom is -0.490 e. The fraction of sp³-hybridized carbons (Fsp3) is 0.133. The second kappa shape index (κ2) is 6.36. The van der Waals surface area contributed by atoms with E-state index in [0.717, 1.165) is 0 Å². The molecule has 0 spiro atoms. The molecule has 0 heterocycles. The van der Waals surface area contributed by atoms with Crippen molar-refractivity contribution >= 4 is 17.4 Å². The molecule has 0 saturated carbocycles. The summed E-state index contributed by atoms with van der Waals surface area (Å²) in [6.45, 7) is 0.0261. The van der Waals surface area contributed by atoms with Gasteiger partial charge in [0.2, 0.25) is 0 Å². The summed E-state index contributed by atoms with van der Waals surface area (Å²) >= 11 is 5.93. The molecule has 0 bridgehead atoms. The molecule has 0 atom stereocenters. The van der Waals surface area contributed by atoms with Crippen LogP contribution in [0.2, 0.25) is 5.02 Å². The summed E-state index contributed by atoms with van der Waals surface area (Å²) in [5.74, 6) is 0.267. The maximum Gasteiger partial charge on any atom is 0.196 e. The second-order valence-electron chi connectivity index (χ2n) is 3.91. The Bertz CT molecular complexity index is 567. The van der Waals surface area contributed by atoms with Gasteiger partial charge in [-0.1, -0.05) is 41.9 Å². The molecule has 0 aliphatic carbocycles. The van der Waals surface area contributed by atoms with Crippen LogP contribution in [0, 0.1) is 0 Å². The Balaban J connectivity index is 2.37. The normalized spacial score (nSPS) is 10.2. The summed E-state index contributed by atoms with van der Waals surface area (Å²) in [6, 6.07) is 13.8. The lowest BCUT2D eigenvalue weighted by Crippen LogP contribution is -2.08. The predicted molar refractivity (Wildman–Crippen MR) is 73.9 cm³/mol. The molecule has 0 amide bonds. The van der Waals surface area contributed by atoms with Crippen LogP contribution in [0.4, 0.5) is 0 Å². The van der Waals surface area contributed by atoms with Crippen molar-refractivity contribution in [2.45, 2.75) is 0 Å². The third-order valence-electron chi connectivity index (χ3n) is 2.57. The van der Waals surface area contributed by atoms with E-state index in [0.29, 0.717) is 21.9 Å². The number of ketones is 1. The Morgan fingerprint density at radius 1 is 1.16 bits per heavy atom. The number of carbonyl (C=O) groups is 1. The van der Waals surface area contributed by atoms with Crippen LogP contribution < -0.4 is 4.74 Å². The molecular formula is C15H13ClO3. The zero-order chi connectivity index (χ0) is 13.7. The maximum absolute atomic E-state index is 12.4. The van der Waals surface area contributed by atoms with Crippen LogP contribution in [-0.2, 0) is 0 Å². The van der Waals surface area contributed by atoms with E-state index in [1.165, 1.54) is 0 Å². The van der Waals surface area contributed by atoms with Gasteiger partial charge in [-0.3, -0.25) is 4.79 Å². The molecular weight excluding hydrogens is 264 g/mol. The molecule has 0 unspecified atom stereocenters. The highest BCUT2D eigenvalue weighted by molar-refractivity contribution is 6.31. The zero-order valence-corrected chi connectivity index (χ0v) is 10.9. The van der Waals surface area contributed by atoms with Crippen molar-refractivity contribution < 1.29 is 14.6 Å². The van der Waals surface area contributed by atoms with Gasteiger partial charge in [-0.2, -0.15) is 0 Å². The highest BCUT2D eigenvalue weighted by Gasteiger charge is 2.15. The first-order valence-corrected chi connectivity index (χ1v) is 6.23. The first kappa shape index (κ1) is 13.6. The monoisotopic (exact) mass is 276 g/mol. The highest BCUT2D eigenvalue weighted by atomic mass is 35.5. The molecule has 0 fully saturated rings. The standard InChI is InChI=1S/C15H13ClO3/c16-12-6-7-14(19-9-8-17)13(10-12)15(18)11-4-2-1-3-5-11/h1-7,10,17H,8-9H2. The topological polar surface area (TPSA) is 46.5 Å². The Morgan fingerprint density at radius 2 is 1.89 bits per heavy atom. The molecule has 3 nitrogen and oxygen atoms in total. The van der Waals surface area contributed by atoms with Gasteiger partial charge in [-0.15, -0.1) is 0 Å².